The van der Waals surface area contributed by atoms with E-state index in [-0.39, 0.29) is 24.8 Å². The summed E-state index contributed by atoms with van der Waals surface area (Å²) in [6.07, 6.45) is 0. The number of nitrogens with one attached hydrogen (secondary N) is 1. The largest absolute Gasteiger partial charge is 0.497 e. The molecule has 39 heavy (non-hydrogen) atoms. The van der Waals surface area contributed by atoms with Crippen LogP contribution in [0.3, 0.4) is 0 Å². The highest BCUT2D eigenvalue weighted by molar-refractivity contribution is 5.98. The van der Waals surface area contributed by atoms with Gasteiger partial charge in [-0.15, -0.1) is 5.10 Å². The van der Waals surface area contributed by atoms with Crippen LogP contribution in [0.5, 0.6) is 5.75 Å². The second-order valence-corrected chi connectivity index (χ2v) is 8.91. The molecule has 1 heterocycles. The van der Waals surface area contributed by atoms with Crippen molar-refractivity contribution < 1.29 is 18.7 Å². The lowest BCUT2D eigenvalue weighted by Crippen LogP contribution is -2.42. The number of ether oxygens (including phenoxy) is 1. The van der Waals surface area contributed by atoms with E-state index in [2.05, 4.69) is 15.6 Å². The molecule has 5 rings (SSSR count). The molecule has 2 amide bonds. The number of hydrogen-bond donors (Lipinski definition) is 1. The van der Waals surface area contributed by atoms with Gasteiger partial charge in [-0.05, 0) is 59.7 Å². The predicted octanol–water partition coefficient (Wildman–Crippen LogP) is 4.99. The van der Waals surface area contributed by atoms with Crippen molar-refractivity contribution in [1.29, 1.82) is 0 Å². The number of halogens is 1. The molecule has 0 spiro atoms. The van der Waals surface area contributed by atoms with Gasteiger partial charge in [0.2, 0.25) is 5.91 Å². The Morgan fingerprint density at radius 1 is 0.923 bits per heavy atom. The molecular formula is C30H26FN5O3. The standard InChI is InChI=1S/C30H26FN5O3/c1-39-25-17-15-24(16-18-25)32-30(38)29(22-7-3-2-4-8-22)35(19-21-11-13-23(31)14-12-21)28(37)20-36-27-10-6-5-9-26(27)33-34-36/h2-18,29H,19-20H2,1H3,(H,32,38). The number of amides is 2. The molecule has 0 fully saturated rings. The van der Waals surface area contributed by atoms with Crippen LogP contribution in [0.4, 0.5) is 10.1 Å². The molecular weight excluding hydrogens is 497 g/mol. The van der Waals surface area contributed by atoms with Crippen LogP contribution < -0.4 is 10.1 Å². The fraction of sp³-hybridized carbons (Fsp3) is 0.133. The summed E-state index contributed by atoms with van der Waals surface area (Å²) in [4.78, 5) is 29.3. The first-order chi connectivity index (χ1) is 19.0. The van der Waals surface area contributed by atoms with E-state index in [1.165, 1.54) is 21.7 Å². The van der Waals surface area contributed by atoms with Crippen LogP contribution in [0.2, 0.25) is 0 Å². The summed E-state index contributed by atoms with van der Waals surface area (Å²) in [6.45, 7) is -0.0673. The van der Waals surface area contributed by atoms with Crippen molar-refractivity contribution >= 4 is 28.5 Å². The van der Waals surface area contributed by atoms with E-state index in [0.29, 0.717) is 33.6 Å². The summed E-state index contributed by atoms with van der Waals surface area (Å²) in [5.41, 5.74) is 3.21. The first-order valence-corrected chi connectivity index (χ1v) is 12.3. The molecule has 1 N–H and O–H groups in total. The smallest absolute Gasteiger partial charge is 0.251 e. The molecule has 0 saturated carbocycles. The minimum absolute atomic E-state index is 0.0708. The molecule has 0 aliphatic heterocycles. The van der Waals surface area contributed by atoms with Gasteiger partial charge in [0.25, 0.3) is 5.91 Å². The third-order valence-electron chi connectivity index (χ3n) is 6.32. The Balaban J connectivity index is 1.52. The molecule has 0 saturated heterocycles. The van der Waals surface area contributed by atoms with Gasteiger partial charge in [-0.3, -0.25) is 9.59 Å². The topological polar surface area (TPSA) is 89.4 Å². The van der Waals surface area contributed by atoms with Crippen LogP contribution >= 0.6 is 0 Å². The van der Waals surface area contributed by atoms with Crippen molar-refractivity contribution in [3.8, 4) is 5.75 Å². The summed E-state index contributed by atoms with van der Waals surface area (Å²) in [6, 6.07) is 28.2. The molecule has 1 unspecified atom stereocenters. The van der Waals surface area contributed by atoms with Crippen LogP contribution in [-0.4, -0.2) is 38.8 Å². The number of nitrogens with zero attached hydrogens (tertiary/aromatic N) is 4. The number of methoxy groups -OCH3 is 1. The van der Waals surface area contributed by atoms with E-state index in [1.807, 2.05) is 42.5 Å². The Bertz CT molecular complexity index is 1570. The van der Waals surface area contributed by atoms with E-state index < -0.39 is 11.9 Å². The number of aromatic nitrogens is 3. The first kappa shape index (κ1) is 25.6. The van der Waals surface area contributed by atoms with Crippen molar-refractivity contribution in [2.24, 2.45) is 0 Å². The lowest BCUT2D eigenvalue weighted by Gasteiger charge is -2.31. The minimum atomic E-state index is -0.986. The van der Waals surface area contributed by atoms with Gasteiger partial charge in [0.1, 0.15) is 29.7 Å². The van der Waals surface area contributed by atoms with Crippen LogP contribution in [0, 0.1) is 5.82 Å². The zero-order valence-electron chi connectivity index (χ0n) is 21.2. The second-order valence-electron chi connectivity index (χ2n) is 8.91. The SMILES string of the molecule is COc1ccc(NC(=O)C(c2ccccc2)N(Cc2ccc(F)cc2)C(=O)Cn2nnc3ccccc32)cc1. The summed E-state index contributed by atoms with van der Waals surface area (Å²) < 4.78 is 20.4. The molecule has 1 atom stereocenters. The Labute approximate surface area is 224 Å². The number of anilines is 1. The van der Waals surface area contributed by atoms with Gasteiger partial charge < -0.3 is 15.0 Å². The van der Waals surface area contributed by atoms with E-state index >= 15 is 0 Å². The third kappa shape index (κ3) is 5.93. The fourth-order valence-electron chi connectivity index (χ4n) is 4.36. The molecule has 0 aliphatic carbocycles. The number of rotatable bonds is 9. The number of hydrogen-bond acceptors (Lipinski definition) is 5. The predicted molar refractivity (Wildman–Crippen MR) is 145 cm³/mol. The number of fused-ring (bicyclic) bond motifs is 1. The zero-order chi connectivity index (χ0) is 27.2. The van der Waals surface area contributed by atoms with Gasteiger partial charge in [-0.1, -0.05) is 59.8 Å². The number of carbonyl (C=O) groups excluding carboxylic acids is 2. The van der Waals surface area contributed by atoms with Crippen molar-refractivity contribution in [2.45, 2.75) is 19.1 Å². The van der Waals surface area contributed by atoms with E-state index in [1.54, 1.807) is 55.6 Å². The highest BCUT2D eigenvalue weighted by Gasteiger charge is 2.32. The van der Waals surface area contributed by atoms with Crippen molar-refractivity contribution in [1.82, 2.24) is 19.9 Å². The lowest BCUT2D eigenvalue weighted by atomic mass is 10.0. The van der Waals surface area contributed by atoms with Gasteiger partial charge in [0, 0.05) is 12.2 Å². The maximum atomic E-state index is 13.9. The maximum absolute atomic E-state index is 13.9. The molecule has 4 aromatic carbocycles. The molecule has 9 heteroatoms. The van der Waals surface area contributed by atoms with Gasteiger partial charge >= 0.3 is 0 Å². The summed E-state index contributed by atoms with van der Waals surface area (Å²) >= 11 is 0. The second kappa shape index (κ2) is 11.6. The molecule has 0 radical (unpaired) electrons. The molecule has 0 bridgehead atoms. The summed E-state index contributed by atoms with van der Waals surface area (Å²) in [5, 5.41) is 11.2. The van der Waals surface area contributed by atoms with Gasteiger partial charge in [0.15, 0.2) is 0 Å². The lowest BCUT2D eigenvalue weighted by molar-refractivity contribution is -0.140. The Hall–Kier alpha value is -5.05. The van der Waals surface area contributed by atoms with Gasteiger partial charge in [-0.25, -0.2) is 9.07 Å². The van der Waals surface area contributed by atoms with Crippen molar-refractivity contribution in [2.75, 3.05) is 12.4 Å². The van der Waals surface area contributed by atoms with Crippen LogP contribution in [0.25, 0.3) is 11.0 Å². The number of carbonyl (C=O) groups is 2. The zero-order valence-corrected chi connectivity index (χ0v) is 21.2. The van der Waals surface area contributed by atoms with Crippen molar-refractivity contribution in [3.05, 3.63) is 120 Å². The molecule has 1 aromatic heterocycles. The van der Waals surface area contributed by atoms with E-state index in [9.17, 15) is 14.0 Å². The van der Waals surface area contributed by atoms with E-state index in [4.69, 9.17) is 4.74 Å². The minimum Gasteiger partial charge on any atom is -0.497 e. The van der Waals surface area contributed by atoms with Gasteiger partial charge in [0.05, 0.1) is 12.6 Å². The van der Waals surface area contributed by atoms with Crippen LogP contribution in [0.15, 0.2) is 103 Å². The molecule has 196 valence electrons. The Morgan fingerprint density at radius 3 is 2.33 bits per heavy atom. The van der Waals surface area contributed by atoms with E-state index in [0.717, 1.165) is 0 Å². The first-order valence-electron chi connectivity index (χ1n) is 12.3. The maximum Gasteiger partial charge on any atom is 0.251 e. The fourth-order valence-corrected chi connectivity index (χ4v) is 4.36. The van der Waals surface area contributed by atoms with Crippen molar-refractivity contribution in [3.63, 3.8) is 0 Å². The molecule has 8 nitrogen and oxygen atoms in total. The van der Waals surface area contributed by atoms with Crippen LogP contribution in [-0.2, 0) is 22.7 Å². The summed E-state index contributed by atoms with van der Waals surface area (Å²) in [7, 11) is 1.57. The number of benzene rings is 4. The number of para-hydroxylation sites is 1. The highest BCUT2D eigenvalue weighted by atomic mass is 19.1. The summed E-state index contributed by atoms with van der Waals surface area (Å²) in [5.74, 6) is -0.484. The average Bonchev–Trinajstić information content (AvgIpc) is 3.37. The normalized spacial score (nSPS) is 11.6. The monoisotopic (exact) mass is 523 g/mol. The Kier molecular flexibility index (Phi) is 7.58. The molecule has 0 aliphatic rings. The third-order valence-corrected chi connectivity index (χ3v) is 6.32. The quantitative estimate of drug-likeness (QED) is 0.294. The highest BCUT2D eigenvalue weighted by Crippen LogP contribution is 2.27. The average molecular weight is 524 g/mol. The van der Waals surface area contributed by atoms with Crippen LogP contribution in [0.1, 0.15) is 17.2 Å². The molecule has 5 aromatic rings. The van der Waals surface area contributed by atoms with Gasteiger partial charge in [-0.2, -0.15) is 0 Å². The Morgan fingerprint density at radius 2 is 1.62 bits per heavy atom.